The highest BCUT2D eigenvalue weighted by Crippen LogP contribution is 2.38. The van der Waals surface area contributed by atoms with Crippen molar-refractivity contribution < 1.29 is 19.2 Å². The average molecular weight is 363 g/mol. The summed E-state index contributed by atoms with van der Waals surface area (Å²) in [5.74, 6) is 0.874. The Morgan fingerprint density at radius 2 is 2.04 bits per heavy atom. The molecule has 1 amide bonds. The largest absolute Gasteiger partial charge is 0.455 e. The molecule has 1 fully saturated rings. The Balaban J connectivity index is 1.61. The number of hydrogen-bond acceptors (Lipinski definition) is 6. The van der Waals surface area contributed by atoms with Crippen LogP contribution in [-0.2, 0) is 11.2 Å². The van der Waals surface area contributed by atoms with Gasteiger partial charge in [0.2, 0.25) is 0 Å². The summed E-state index contributed by atoms with van der Waals surface area (Å²) in [6.45, 7) is 11.1. The first-order chi connectivity index (χ1) is 12.4. The lowest BCUT2D eigenvalue weighted by molar-refractivity contribution is 0.0374. The molecular formula is C19H29N3O4. The molecule has 1 aromatic rings. The number of furan rings is 1. The molecule has 0 spiro atoms. The number of carbonyl (C=O) groups excluding carboxylic acids is 1. The van der Waals surface area contributed by atoms with E-state index in [2.05, 4.69) is 29.2 Å². The quantitative estimate of drug-likeness (QED) is 0.476. The number of carbonyl (C=O) groups is 1. The minimum Gasteiger partial charge on any atom is -0.455 e. The highest BCUT2D eigenvalue weighted by atomic mass is 16.5. The molecule has 0 atom stereocenters. The van der Waals surface area contributed by atoms with Crippen molar-refractivity contribution in [3.8, 4) is 0 Å². The van der Waals surface area contributed by atoms with Crippen LogP contribution in [-0.4, -0.2) is 61.1 Å². The van der Waals surface area contributed by atoms with Crippen molar-refractivity contribution in [2.24, 2.45) is 10.6 Å². The van der Waals surface area contributed by atoms with E-state index in [1.54, 1.807) is 0 Å². The molecular weight excluding hydrogens is 334 g/mol. The monoisotopic (exact) mass is 363 g/mol. The fourth-order valence-electron chi connectivity index (χ4n) is 3.83. The molecule has 0 aromatic carbocycles. The first-order valence-corrected chi connectivity index (χ1v) is 9.33. The lowest BCUT2D eigenvalue weighted by Crippen LogP contribution is -2.38. The van der Waals surface area contributed by atoms with E-state index in [4.69, 9.17) is 9.15 Å². The Morgan fingerprint density at radius 1 is 1.31 bits per heavy atom. The van der Waals surface area contributed by atoms with Crippen molar-refractivity contribution in [1.82, 2.24) is 10.2 Å². The number of fused-ring (bicyclic) bond motifs is 1. The highest BCUT2D eigenvalue weighted by molar-refractivity contribution is 6.06. The maximum Gasteiger partial charge on any atom is 0.287 e. The SMILES string of the molecule is Cc1c(C(=O)NCCCN2CCOCC2)oc2c1/C(=N/O)CC(C)(C)C2. The Hall–Kier alpha value is -1.86. The van der Waals surface area contributed by atoms with Gasteiger partial charge >= 0.3 is 0 Å². The number of hydrogen-bond donors (Lipinski definition) is 2. The third-order valence-electron chi connectivity index (χ3n) is 5.16. The molecule has 7 heteroatoms. The van der Waals surface area contributed by atoms with Crippen LogP contribution >= 0.6 is 0 Å². The molecule has 1 aliphatic heterocycles. The van der Waals surface area contributed by atoms with Gasteiger partial charge in [0.15, 0.2) is 5.76 Å². The lowest BCUT2D eigenvalue weighted by Gasteiger charge is -2.28. The van der Waals surface area contributed by atoms with E-state index in [0.29, 0.717) is 24.4 Å². The molecule has 2 N–H and O–H groups in total. The maximum atomic E-state index is 12.5. The Morgan fingerprint density at radius 3 is 2.73 bits per heavy atom. The van der Waals surface area contributed by atoms with Crippen molar-refractivity contribution >= 4 is 11.6 Å². The van der Waals surface area contributed by atoms with Gasteiger partial charge < -0.3 is 19.7 Å². The molecule has 0 saturated carbocycles. The number of morpholine rings is 1. The minimum atomic E-state index is -0.200. The van der Waals surface area contributed by atoms with Crippen LogP contribution in [0.1, 0.15) is 54.1 Å². The van der Waals surface area contributed by atoms with Crippen LogP contribution in [0.15, 0.2) is 9.57 Å². The fourth-order valence-corrected chi connectivity index (χ4v) is 3.83. The van der Waals surface area contributed by atoms with Gasteiger partial charge in [-0.1, -0.05) is 19.0 Å². The van der Waals surface area contributed by atoms with E-state index in [1.807, 2.05) is 6.92 Å². The van der Waals surface area contributed by atoms with Gasteiger partial charge in [-0.2, -0.15) is 0 Å². The van der Waals surface area contributed by atoms with Crippen LogP contribution in [0, 0.1) is 12.3 Å². The van der Waals surface area contributed by atoms with E-state index in [-0.39, 0.29) is 11.3 Å². The van der Waals surface area contributed by atoms with Gasteiger partial charge in [0.25, 0.3) is 5.91 Å². The summed E-state index contributed by atoms with van der Waals surface area (Å²) < 4.78 is 11.2. The summed E-state index contributed by atoms with van der Waals surface area (Å²) in [4.78, 5) is 14.9. The van der Waals surface area contributed by atoms with Crippen LogP contribution in [0.4, 0.5) is 0 Å². The number of ether oxygens (including phenoxy) is 1. The maximum absolute atomic E-state index is 12.5. The van der Waals surface area contributed by atoms with Gasteiger partial charge in [0, 0.05) is 37.2 Å². The zero-order valence-corrected chi connectivity index (χ0v) is 15.9. The van der Waals surface area contributed by atoms with Gasteiger partial charge in [0.1, 0.15) is 5.76 Å². The van der Waals surface area contributed by atoms with Gasteiger partial charge in [-0.15, -0.1) is 0 Å². The Labute approximate surface area is 154 Å². The molecule has 0 unspecified atom stereocenters. The highest BCUT2D eigenvalue weighted by Gasteiger charge is 2.36. The molecule has 3 rings (SSSR count). The van der Waals surface area contributed by atoms with E-state index in [0.717, 1.165) is 62.6 Å². The predicted molar refractivity (Wildman–Crippen MR) is 98.1 cm³/mol. The zero-order chi connectivity index (χ0) is 18.7. The van der Waals surface area contributed by atoms with Crippen LogP contribution in [0.5, 0.6) is 0 Å². The summed E-state index contributed by atoms with van der Waals surface area (Å²) in [6, 6.07) is 0. The van der Waals surface area contributed by atoms with Crippen molar-refractivity contribution in [2.75, 3.05) is 39.4 Å². The zero-order valence-electron chi connectivity index (χ0n) is 15.9. The van der Waals surface area contributed by atoms with Crippen LogP contribution < -0.4 is 5.32 Å². The van der Waals surface area contributed by atoms with E-state index < -0.39 is 0 Å². The molecule has 2 aliphatic rings. The van der Waals surface area contributed by atoms with Gasteiger partial charge in [0.05, 0.1) is 18.9 Å². The molecule has 1 aliphatic carbocycles. The summed E-state index contributed by atoms with van der Waals surface area (Å²) in [6.07, 6.45) is 2.28. The van der Waals surface area contributed by atoms with Crippen molar-refractivity contribution in [3.63, 3.8) is 0 Å². The van der Waals surface area contributed by atoms with Crippen molar-refractivity contribution in [3.05, 3.63) is 22.6 Å². The third-order valence-corrected chi connectivity index (χ3v) is 5.16. The minimum absolute atomic E-state index is 0.0508. The van der Waals surface area contributed by atoms with Crippen LogP contribution in [0.2, 0.25) is 0 Å². The van der Waals surface area contributed by atoms with Gasteiger partial charge in [-0.3, -0.25) is 9.69 Å². The van der Waals surface area contributed by atoms with E-state index >= 15 is 0 Å². The molecule has 1 aromatic heterocycles. The summed E-state index contributed by atoms with van der Waals surface area (Å²) in [7, 11) is 0. The first kappa shape index (κ1) is 18.9. The number of amides is 1. The van der Waals surface area contributed by atoms with Crippen LogP contribution in [0.25, 0.3) is 0 Å². The lowest BCUT2D eigenvalue weighted by atomic mass is 9.75. The van der Waals surface area contributed by atoms with Crippen molar-refractivity contribution in [2.45, 2.75) is 40.0 Å². The van der Waals surface area contributed by atoms with Gasteiger partial charge in [-0.05, 0) is 31.7 Å². The molecule has 0 radical (unpaired) electrons. The van der Waals surface area contributed by atoms with E-state index in [9.17, 15) is 10.0 Å². The number of oxime groups is 1. The van der Waals surface area contributed by atoms with Crippen molar-refractivity contribution in [1.29, 1.82) is 0 Å². The van der Waals surface area contributed by atoms with E-state index in [1.165, 1.54) is 0 Å². The topological polar surface area (TPSA) is 87.3 Å². The summed E-state index contributed by atoms with van der Waals surface area (Å²) >= 11 is 0. The van der Waals surface area contributed by atoms with Crippen LogP contribution in [0.3, 0.4) is 0 Å². The molecule has 2 heterocycles. The standard InChI is InChI=1S/C19H29N3O4/c1-13-16-14(21-24)11-19(2,3)12-15(16)26-17(13)18(23)20-5-4-6-22-7-9-25-10-8-22/h24H,4-12H2,1-3H3,(H,20,23)/b21-14+. The first-order valence-electron chi connectivity index (χ1n) is 9.33. The molecule has 144 valence electrons. The second-order valence-corrected chi connectivity index (χ2v) is 7.98. The molecule has 7 nitrogen and oxygen atoms in total. The predicted octanol–water partition coefficient (Wildman–Crippen LogP) is 2.19. The Bertz CT molecular complexity index is 687. The smallest absolute Gasteiger partial charge is 0.287 e. The second-order valence-electron chi connectivity index (χ2n) is 7.98. The molecule has 1 saturated heterocycles. The van der Waals surface area contributed by atoms with Gasteiger partial charge in [-0.25, -0.2) is 0 Å². The summed E-state index contributed by atoms with van der Waals surface area (Å²) in [5.41, 5.74) is 2.10. The number of nitrogens with zero attached hydrogens (tertiary/aromatic N) is 2. The summed E-state index contributed by atoms with van der Waals surface area (Å²) in [5, 5.41) is 15.8. The molecule has 26 heavy (non-hydrogen) atoms. The average Bonchev–Trinajstić information content (AvgIpc) is 2.94. The number of rotatable bonds is 5. The molecule has 0 bridgehead atoms. The normalized spacial score (nSPS) is 21.6. The Kier molecular flexibility index (Phi) is 5.67. The fraction of sp³-hybridized carbons (Fsp3) is 0.684. The number of nitrogens with one attached hydrogen (secondary N) is 1. The second kappa shape index (κ2) is 7.80. The third kappa shape index (κ3) is 4.10.